The zero-order valence-electron chi connectivity index (χ0n) is 22.9. The Bertz CT molecular complexity index is 554. The topological polar surface area (TPSA) is 115 Å². The number of carboxylic acids is 3. The number of nitrogens with zero attached hydrogens (tertiary/aromatic N) is 1. The molecule has 2 N–H and O–H groups in total. The van der Waals surface area contributed by atoms with Gasteiger partial charge in [-0.05, 0) is 25.7 Å². The molecule has 0 radical (unpaired) electrons. The molecule has 0 bridgehead atoms. The van der Waals surface area contributed by atoms with Crippen LogP contribution in [0.25, 0.3) is 0 Å². The summed E-state index contributed by atoms with van der Waals surface area (Å²) in [6, 6.07) is 0. The number of carbonyl (C=O) groups is 3. The van der Waals surface area contributed by atoms with Crippen molar-refractivity contribution in [2.75, 3.05) is 26.2 Å². The van der Waals surface area contributed by atoms with E-state index >= 15 is 0 Å². The summed E-state index contributed by atoms with van der Waals surface area (Å²) in [5.74, 6) is -2.77. The lowest BCUT2D eigenvalue weighted by Gasteiger charge is -2.39. The lowest BCUT2D eigenvalue weighted by molar-refractivity contribution is -0.928. The Hall–Kier alpha value is -1.89. The highest BCUT2D eigenvalue weighted by molar-refractivity contribution is 5.66. The van der Waals surface area contributed by atoms with Crippen molar-refractivity contribution in [3.05, 3.63) is 12.2 Å². The first kappa shape index (κ1) is 34.1. The second-order valence-electron chi connectivity index (χ2n) is 10.3. The maximum absolute atomic E-state index is 11.0. The maximum atomic E-state index is 11.0. The van der Waals surface area contributed by atoms with E-state index in [1.807, 2.05) is 0 Å². The molecule has 0 unspecified atom stereocenters. The quantitative estimate of drug-likeness (QED) is 0.0829. The van der Waals surface area contributed by atoms with Crippen LogP contribution in [0.3, 0.4) is 0 Å². The first-order valence-electron chi connectivity index (χ1n) is 14.4. The van der Waals surface area contributed by atoms with Crippen LogP contribution in [0, 0.1) is 0 Å². The summed E-state index contributed by atoms with van der Waals surface area (Å²) in [5.41, 5.74) is 0. The van der Waals surface area contributed by atoms with Crippen molar-refractivity contribution in [2.24, 2.45) is 0 Å². The van der Waals surface area contributed by atoms with Crippen LogP contribution < -0.4 is 5.11 Å². The number of allylic oxidation sites excluding steroid dienone is 2. The lowest BCUT2D eigenvalue weighted by atomic mass is 10.1. The molecule has 7 nitrogen and oxygen atoms in total. The average molecular weight is 512 g/mol. The molecule has 0 aliphatic heterocycles. The Kier molecular flexibility index (Phi) is 22.3. The molecule has 0 aromatic carbocycles. The molecule has 0 saturated carbocycles. The predicted octanol–water partition coefficient (Wildman–Crippen LogP) is 5.71. The molecule has 210 valence electrons. The SMILES string of the molecule is CCCCCCCCCCCC/C=C/CCC[N+](CCCC(=O)[O-])(CCCC(=O)O)CCCC(=O)O. The van der Waals surface area contributed by atoms with Gasteiger partial charge in [0.05, 0.1) is 39.0 Å². The number of carbonyl (C=O) groups excluding carboxylic acids is 1. The summed E-state index contributed by atoms with van der Waals surface area (Å²) in [6.07, 6.45) is 22.3. The molecule has 7 heteroatoms. The van der Waals surface area contributed by atoms with Gasteiger partial charge in [0.1, 0.15) is 0 Å². The highest BCUT2D eigenvalue weighted by Crippen LogP contribution is 2.17. The highest BCUT2D eigenvalue weighted by Gasteiger charge is 2.26. The van der Waals surface area contributed by atoms with Gasteiger partial charge in [0.15, 0.2) is 0 Å². The first-order chi connectivity index (χ1) is 17.3. The van der Waals surface area contributed by atoms with Crippen LogP contribution in [-0.4, -0.2) is 58.8 Å². The van der Waals surface area contributed by atoms with Gasteiger partial charge in [-0.25, -0.2) is 0 Å². The third-order valence-electron chi connectivity index (χ3n) is 6.95. The number of unbranched alkanes of at least 4 members (excludes halogenated alkanes) is 11. The normalized spacial score (nSPS) is 11.8. The first-order valence-corrected chi connectivity index (χ1v) is 14.4. The van der Waals surface area contributed by atoms with Crippen molar-refractivity contribution in [2.45, 2.75) is 129 Å². The van der Waals surface area contributed by atoms with Gasteiger partial charge in [-0.15, -0.1) is 0 Å². The fourth-order valence-corrected chi connectivity index (χ4v) is 4.89. The van der Waals surface area contributed by atoms with Crippen molar-refractivity contribution in [3.63, 3.8) is 0 Å². The number of hydrogen-bond donors (Lipinski definition) is 2. The lowest BCUT2D eigenvalue weighted by Crippen LogP contribution is -2.51. The molecule has 0 spiro atoms. The Morgan fingerprint density at radius 2 is 0.972 bits per heavy atom. The van der Waals surface area contributed by atoms with Crippen molar-refractivity contribution >= 4 is 17.9 Å². The van der Waals surface area contributed by atoms with Gasteiger partial charge in [0.2, 0.25) is 0 Å². The predicted molar refractivity (Wildman–Crippen MR) is 143 cm³/mol. The summed E-state index contributed by atoms with van der Waals surface area (Å²) < 4.78 is 0.583. The Morgan fingerprint density at radius 3 is 1.42 bits per heavy atom. The zero-order valence-corrected chi connectivity index (χ0v) is 22.9. The van der Waals surface area contributed by atoms with Gasteiger partial charge >= 0.3 is 11.9 Å². The van der Waals surface area contributed by atoms with Gasteiger partial charge in [-0.1, -0.05) is 76.9 Å². The Balaban J connectivity index is 4.41. The smallest absolute Gasteiger partial charge is 0.303 e. The molecule has 0 aliphatic rings. The highest BCUT2D eigenvalue weighted by atomic mass is 16.4. The van der Waals surface area contributed by atoms with Crippen LogP contribution in [-0.2, 0) is 14.4 Å². The van der Waals surface area contributed by atoms with E-state index in [0.29, 0.717) is 43.4 Å². The molecule has 0 aromatic rings. The standard InChI is InChI=1S/C29H53NO6/c1-2-3-4-5-6-7-8-9-10-11-12-13-14-15-16-23-30(24-17-20-27(31)32,25-18-21-28(33)34)26-19-22-29(35)36/h13-14H,2-12,15-26H2,1H3,(H2-,31,32,33,34,35,36)/b14-13+. The van der Waals surface area contributed by atoms with Crippen LogP contribution in [0.1, 0.15) is 129 Å². The zero-order chi connectivity index (χ0) is 26.9. The van der Waals surface area contributed by atoms with Gasteiger partial charge in [-0.3, -0.25) is 9.59 Å². The van der Waals surface area contributed by atoms with Gasteiger partial charge < -0.3 is 24.6 Å². The van der Waals surface area contributed by atoms with Crippen LogP contribution in [0.15, 0.2) is 12.2 Å². The van der Waals surface area contributed by atoms with E-state index in [1.165, 1.54) is 64.2 Å². The van der Waals surface area contributed by atoms with Crippen molar-refractivity contribution < 1.29 is 34.2 Å². The summed E-state index contributed by atoms with van der Waals surface area (Å²) in [7, 11) is 0. The van der Waals surface area contributed by atoms with Crippen molar-refractivity contribution in [1.82, 2.24) is 0 Å². The van der Waals surface area contributed by atoms with E-state index in [2.05, 4.69) is 19.1 Å². The minimum atomic E-state index is -1.08. The van der Waals surface area contributed by atoms with E-state index in [0.717, 1.165) is 25.8 Å². The molecule has 0 fully saturated rings. The van der Waals surface area contributed by atoms with Crippen LogP contribution in [0.2, 0.25) is 0 Å². The molecule has 0 heterocycles. The second-order valence-corrected chi connectivity index (χ2v) is 10.3. The number of rotatable bonds is 27. The summed E-state index contributed by atoms with van der Waals surface area (Å²) in [6.45, 7) is 4.91. The van der Waals surface area contributed by atoms with E-state index in [1.54, 1.807) is 0 Å². The maximum Gasteiger partial charge on any atom is 0.303 e. The van der Waals surface area contributed by atoms with Crippen LogP contribution >= 0.6 is 0 Å². The van der Waals surface area contributed by atoms with E-state index < -0.39 is 17.9 Å². The molecule has 36 heavy (non-hydrogen) atoms. The van der Waals surface area contributed by atoms with E-state index in [4.69, 9.17) is 10.2 Å². The van der Waals surface area contributed by atoms with Crippen LogP contribution in [0.5, 0.6) is 0 Å². The van der Waals surface area contributed by atoms with Gasteiger partial charge in [-0.2, -0.15) is 0 Å². The number of quaternary nitrogens is 1. The molecule has 0 amide bonds. The van der Waals surface area contributed by atoms with Gasteiger partial charge in [0, 0.05) is 31.7 Å². The minimum Gasteiger partial charge on any atom is -0.550 e. The average Bonchev–Trinajstić information content (AvgIpc) is 2.80. The fraction of sp³-hybridized carbons (Fsp3) is 0.828. The summed E-state index contributed by atoms with van der Waals surface area (Å²) in [5, 5.41) is 29.0. The summed E-state index contributed by atoms with van der Waals surface area (Å²) >= 11 is 0. The monoisotopic (exact) mass is 511 g/mol. The number of aliphatic carboxylic acids is 3. The third-order valence-corrected chi connectivity index (χ3v) is 6.95. The van der Waals surface area contributed by atoms with Crippen LogP contribution in [0.4, 0.5) is 0 Å². The number of hydrogen-bond acceptors (Lipinski definition) is 4. The second kappa shape index (κ2) is 23.5. The third kappa shape index (κ3) is 22.6. The number of carboxylic acid groups (broad SMARTS) is 3. The molecular formula is C29H53NO6. The van der Waals surface area contributed by atoms with E-state index in [-0.39, 0.29) is 19.3 Å². The molecule has 0 aliphatic carbocycles. The Labute approximate surface area is 219 Å². The van der Waals surface area contributed by atoms with Gasteiger partial charge in [0.25, 0.3) is 0 Å². The molecule has 0 saturated heterocycles. The molecule has 0 aromatic heterocycles. The van der Waals surface area contributed by atoms with E-state index in [9.17, 15) is 19.5 Å². The van der Waals surface area contributed by atoms with Crippen molar-refractivity contribution in [3.8, 4) is 0 Å². The molecular weight excluding hydrogens is 458 g/mol. The largest absolute Gasteiger partial charge is 0.550 e. The molecule has 0 atom stereocenters. The minimum absolute atomic E-state index is 0.0311. The Morgan fingerprint density at radius 1 is 0.583 bits per heavy atom. The summed E-state index contributed by atoms with van der Waals surface area (Å²) in [4.78, 5) is 33.0. The fourth-order valence-electron chi connectivity index (χ4n) is 4.89. The van der Waals surface area contributed by atoms with Crippen molar-refractivity contribution in [1.29, 1.82) is 0 Å². The molecule has 0 rings (SSSR count).